The topological polar surface area (TPSA) is 0 Å². The Bertz CT molecular complexity index is 1530. The molecule has 1 aliphatic carbocycles. The van der Waals surface area contributed by atoms with E-state index in [-0.39, 0.29) is 24.8 Å². The van der Waals surface area contributed by atoms with E-state index in [1.165, 1.54) is 76.8 Å². The van der Waals surface area contributed by atoms with Crippen LogP contribution in [0.5, 0.6) is 0 Å². The number of allylic oxidation sites excluding steroid dienone is 4. The van der Waals surface area contributed by atoms with E-state index in [0.29, 0.717) is 17.8 Å². The van der Waals surface area contributed by atoms with Gasteiger partial charge in [0.05, 0.1) is 0 Å². The van der Waals surface area contributed by atoms with Crippen LogP contribution in [0.4, 0.5) is 0 Å². The van der Waals surface area contributed by atoms with Crippen LogP contribution >= 0.6 is 0 Å². The Morgan fingerprint density at radius 3 is 1.50 bits per heavy atom. The van der Waals surface area contributed by atoms with Crippen molar-refractivity contribution in [2.75, 3.05) is 0 Å². The maximum absolute atomic E-state index is 3.50. The van der Waals surface area contributed by atoms with Gasteiger partial charge in [-0.25, -0.2) is 11.6 Å². The quantitative estimate of drug-likeness (QED) is 0.250. The van der Waals surface area contributed by atoms with Gasteiger partial charge in [0, 0.05) is 0 Å². The minimum absolute atomic E-state index is 0. The Hall–Kier alpha value is -2.44. The summed E-state index contributed by atoms with van der Waals surface area (Å²) in [5.41, 5.74) is 6.70. The van der Waals surface area contributed by atoms with Gasteiger partial charge in [0.2, 0.25) is 0 Å². The van der Waals surface area contributed by atoms with Gasteiger partial charge in [-0.15, -0.1) is 39.7 Å². The Labute approximate surface area is 280 Å². The van der Waals surface area contributed by atoms with Gasteiger partial charge < -0.3 is 24.8 Å². The van der Waals surface area contributed by atoms with E-state index >= 15 is 0 Å². The summed E-state index contributed by atoms with van der Waals surface area (Å²) in [4.78, 5) is 0. The molecule has 0 fully saturated rings. The first-order valence-corrected chi connectivity index (χ1v) is 15.5. The molecule has 216 valence electrons. The SMILES string of the molecule is CC(C)C1=[C-]C(C(C)C)C=C1.Cc1ccc2c(c1)[cH-]c1cc(C)ccc12.[Cl-].[Cl-].[Zr+2]=[C](c1ccccc1)c1ccccc1. The van der Waals surface area contributed by atoms with E-state index in [2.05, 4.69) is 163 Å². The third-order valence-corrected chi connectivity index (χ3v) is 8.72. The summed E-state index contributed by atoms with van der Waals surface area (Å²) in [5, 5.41) is 5.46. The minimum atomic E-state index is 0. The van der Waals surface area contributed by atoms with E-state index in [4.69, 9.17) is 0 Å². The molecule has 0 spiro atoms. The van der Waals surface area contributed by atoms with E-state index in [9.17, 15) is 0 Å². The zero-order valence-electron chi connectivity index (χ0n) is 25.5. The Morgan fingerprint density at radius 1 is 0.690 bits per heavy atom. The second-order valence-corrected chi connectivity index (χ2v) is 12.5. The van der Waals surface area contributed by atoms with Crippen LogP contribution in [0.15, 0.2) is 121 Å². The normalized spacial score (nSPS) is 13.5. The predicted octanol–water partition coefficient (Wildman–Crippen LogP) is 4.35. The van der Waals surface area contributed by atoms with Crippen molar-refractivity contribution in [2.24, 2.45) is 17.8 Å². The summed E-state index contributed by atoms with van der Waals surface area (Å²) in [5.74, 6) is 1.89. The molecular weight excluding hydrogens is 631 g/mol. The molecule has 0 saturated carbocycles. The van der Waals surface area contributed by atoms with Crippen LogP contribution in [-0.2, 0) is 24.2 Å². The maximum atomic E-state index is 3.50. The molecule has 0 bridgehead atoms. The van der Waals surface area contributed by atoms with Gasteiger partial charge in [-0.1, -0.05) is 80.8 Å². The van der Waals surface area contributed by atoms with Crippen molar-refractivity contribution < 1.29 is 49.0 Å². The fourth-order valence-corrected chi connectivity index (χ4v) is 5.70. The molecule has 1 atom stereocenters. The zero-order valence-corrected chi connectivity index (χ0v) is 29.4. The predicted molar refractivity (Wildman–Crippen MR) is 172 cm³/mol. The number of halogens is 2. The third kappa shape index (κ3) is 9.54. The summed E-state index contributed by atoms with van der Waals surface area (Å²) in [7, 11) is 0. The van der Waals surface area contributed by atoms with Gasteiger partial charge in [0.1, 0.15) is 0 Å². The number of hydrogen-bond donors (Lipinski definition) is 0. The summed E-state index contributed by atoms with van der Waals surface area (Å²) >= 11 is 1.46. The fraction of sp³-hybridized carbons (Fsp3) is 0.231. The van der Waals surface area contributed by atoms with Crippen LogP contribution in [0.25, 0.3) is 21.5 Å². The average molecular weight is 671 g/mol. The first kappa shape index (κ1) is 35.8. The van der Waals surface area contributed by atoms with Crippen LogP contribution in [0.1, 0.15) is 49.9 Å². The molecule has 1 unspecified atom stereocenters. The average Bonchev–Trinajstić information content (AvgIpc) is 3.59. The van der Waals surface area contributed by atoms with Gasteiger partial charge in [-0.3, -0.25) is 6.08 Å². The van der Waals surface area contributed by atoms with Crippen molar-refractivity contribution in [3.05, 3.63) is 149 Å². The van der Waals surface area contributed by atoms with Crippen LogP contribution in [0.3, 0.4) is 0 Å². The Morgan fingerprint density at radius 2 is 1.14 bits per heavy atom. The van der Waals surface area contributed by atoms with E-state index < -0.39 is 0 Å². The fourth-order valence-electron chi connectivity index (χ4n) is 4.88. The summed E-state index contributed by atoms with van der Waals surface area (Å²) in [6.45, 7) is 13.2. The summed E-state index contributed by atoms with van der Waals surface area (Å²) in [6, 6.07) is 36.7. The standard InChI is InChI=1S/C15H13.C13H10.C11H17.2ClH.Zr/c1-10-3-5-14-12(7-10)9-13-8-11(2)4-6-15(13)14;1-3-7-12(8-4-1)11-13-9-5-2-6-10-13;1-8(2)10-5-6-11(7-10)9(3)4;;;/h3-9H,1-2H3;1-10H;5-6,8-10H,1-4H3;2*1H;/q-1;;-1;;;+2/p-2. The van der Waals surface area contributed by atoms with Gasteiger partial charge >= 0.3 is 99.2 Å². The molecule has 0 aliphatic heterocycles. The molecule has 0 heterocycles. The molecular formula is C39H40Cl2Zr-2. The van der Waals surface area contributed by atoms with Gasteiger partial charge in [-0.05, 0) is 13.8 Å². The number of hydrogen-bond acceptors (Lipinski definition) is 0. The molecule has 0 radical (unpaired) electrons. The summed E-state index contributed by atoms with van der Waals surface area (Å²) < 4.78 is 1.42. The van der Waals surface area contributed by atoms with Crippen LogP contribution in [0.2, 0.25) is 0 Å². The van der Waals surface area contributed by atoms with Crippen molar-refractivity contribution in [2.45, 2.75) is 41.5 Å². The Balaban J connectivity index is 0.000000218. The first-order chi connectivity index (χ1) is 19.2. The first-order valence-electron chi connectivity index (χ1n) is 14.3. The second kappa shape index (κ2) is 17.0. The number of rotatable bonds is 4. The molecule has 0 N–H and O–H groups in total. The van der Waals surface area contributed by atoms with Crippen LogP contribution < -0.4 is 24.8 Å². The molecule has 0 nitrogen and oxygen atoms in total. The number of aryl methyl sites for hydroxylation is 2. The molecule has 6 rings (SSSR count). The van der Waals surface area contributed by atoms with E-state index in [0.717, 1.165) is 0 Å². The Kier molecular flexibility index (Phi) is 14.5. The molecule has 0 saturated heterocycles. The third-order valence-electron chi connectivity index (χ3n) is 7.30. The zero-order chi connectivity index (χ0) is 28.6. The number of fused-ring (bicyclic) bond motifs is 3. The van der Waals surface area contributed by atoms with Gasteiger partial charge in [-0.2, -0.15) is 6.08 Å². The van der Waals surface area contributed by atoms with Crippen LogP contribution in [-0.4, -0.2) is 3.21 Å². The van der Waals surface area contributed by atoms with Gasteiger partial charge in [0.15, 0.2) is 0 Å². The molecule has 5 aromatic carbocycles. The van der Waals surface area contributed by atoms with Crippen molar-refractivity contribution in [3.63, 3.8) is 0 Å². The summed E-state index contributed by atoms with van der Waals surface area (Å²) in [6.07, 6.45) is 7.98. The molecule has 42 heavy (non-hydrogen) atoms. The van der Waals surface area contributed by atoms with E-state index in [1.54, 1.807) is 0 Å². The number of benzene rings is 4. The molecule has 5 aromatic rings. The molecule has 0 amide bonds. The van der Waals surface area contributed by atoms with Crippen molar-refractivity contribution in [1.82, 2.24) is 0 Å². The van der Waals surface area contributed by atoms with Crippen molar-refractivity contribution in [1.29, 1.82) is 0 Å². The van der Waals surface area contributed by atoms with Crippen molar-refractivity contribution in [3.8, 4) is 0 Å². The monoisotopic (exact) mass is 668 g/mol. The van der Waals surface area contributed by atoms with E-state index in [1.807, 2.05) is 0 Å². The molecule has 1 aliphatic rings. The molecule has 3 heteroatoms. The molecule has 0 aromatic heterocycles. The van der Waals surface area contributed by atoms with Crippen LogP contribution in [0, 0.1) is 37.7 Å². The van der Waals surface area contributed by atoms with Crippen molar-refractivity contribution >= 4 is 24.8 Å². The van der Waals surface area contributed by atoms with Gasteiger partial charge in [0.25, 0.3) is 0 Å². The second-order valence-electron chi connectivity index (χ2n) is 11.3.